The zero-order valence-electron chi connectivity index (χ0n) is 16.0. The highest BCUT2D eigenvalue weighted by Crippen LogP contribution is 2.24. The Bertz CT molecular complexity index is 1200. The second-order valence-corrected chi connectivity index (χ2v) is 7.05. The van der Waals surface area contributed by atoms with Crippen LogP contribution < -0.4 is 4.74 Å². The molecular formula is C24H16ClNO4. The lowest BCUT2D eigenvalue weighted by atomic mass is 10.1. The van der Waals surface area contributed by atoms with Crippen molar-refractivity contribution in [2.45, 2.75) is 6.92 Å². The molecule has 148 valence electrons. The van der Waals surface area contributed by atoms with E-state index in [9.17, 15) is 9.59 Å². The number of hydrogen-bond acceptors (Lipinski definition) is 5. The van der Waals surface area contributed by atoms with Crippen molar-refractivity contribution >= 4 is 35.5 Å². The zero-order chi connectivity index (χ0) is 21.1. The van der Waals surface area contributed by atoms with Gasteiger partial charge in [-0.1, -0.05) is 53.6 Å². The van der Waals surface area contributed by atoms with Crippen LogP contribution in [0.3, 0.4) is 0 Å². The van der Waals surface area contributed by atoms with Crippen LogP contribution in [0.15, 0.2) is 83.5 Å². The van der Waals surface area contributed by atoms with Gasteiger partial charge < -0.3 is 9.47 Å². The van der Waals surface area contributed by atoms with Gasteiger partial charge in [-0.2, -0.15) is 0 Å². The number of esters is 2. The first-order chi connectivity index (χ1) is 14.5. The van der Waals surface area contributed by atoms with E-state index in [1.54, 1.807) is 72.8 Å². The Morgan fingerprint density at radius 1 is 1.03 bits per heavy atom. The molecule has 3 aromatic rings. The molecule has 0 saturated heterocycles. The molecule has 5 nitrogen and oxygen atoms in total. The maximum absolute atomic E-state index is 12.2. The van der Waals surface area contributed by atoms with E-state index in [2.05, 4.69) is 4.99 Å². The minimum Gasteiger partial charge on any atom is -0.423 e. The van der Waals surface area contributed by atoms with Crippen molar-refractivity contribution in [3.05, 3.63) is 106 Å². The number of carbonyl (C=O) groups excluding carboxylic acids is 2. The molecule has 0 aliphatic carbocycles. The van der Waals surface area contributed by atoms with E-state index in [1.165, 1.54) is 0 Å². The van der Waals surface area contributed by atoms with Gasteiger partial charge >= 0.3 is 11.9 Å². The Morgan fingerprint density at radius 3 is 2.53 bits per heavy atom. The van der Waals surface area contributed by atoms with Gasteiger partial charge in [0.05, 0.1) is 16.1 Å². The average molecular weight is 418 g/mol. The third-order valence-corrected chi connectivity index (χ3v) is 4.70. The number of carbonyl (C=O) groups is 2. The summed E-state index contributed by atoms with van der Waals surface area (Å²) in [5, 5.41) is 0.449. The summed E-state index contributed by atoms with van der Waals surface area (Å²) in [5.41, 5.74) is 2.88. The maximum Gasteiger partial charge on any atom is 0.363 e. The number of aliphatic imine (C=N–C) groups is 1. The molecule has 0 saturated carbocycles. The molecule has 6 heteroatoms. The number of ether oxygens (including phenoxy) is 2. The van der Waals surface area contributed by atoms with Crippen LogP contribution in [0, 0.1) is 6.92 Å². The molecule has 30 heavy (non-hydrogen) atoms. The highest BCUT2D eigenvalue weighted by Gasteiger charge is 2.25. The molecule has 3 aromatic carbocycles. The second kappa shape index (κ2) is 8.35. The largest absolute Gasteiger partial charge is 0.423 e. The Morgan fingerprint density at radius 2 is 1.80 bits per heavy atom. The molecule has 0 unspecified atom stereocenters. The normalized spacial score (nSPS) is 14.4. The van der Waals surface area contributed by atoms with Gasteiger partial charge in [-0.05, 0) is 55.0 Å². The number of aryl methyl sites for hydroxylation is 1. The topological polar surface area (TPSA) is 65.0 Å². The van der Waals surface area contributed by atoms with Crippen LogP contribution in [0.25, 0.3) is 6.08 Å². The maximum atomic E-state index is 12.2. The summed E-state index contributed by atoms with van der Waals surface area (Å²) in [7, 11) is 0. The molecule has 0 spiro atoms. The fraction of sp³-hybridized carbons (Fsp3) is 0.0417. The van der Waals surface area contributed by atoms with Crippen molar-refractivity contribution in [2.75, 3.05) is 0 Å². The summed E-state index contributed by atoms with van der Waals surface area (Å²) in [6, 6.07) is 20.9. The van der Waals surface area contributed by atoms with Gasteiger partial charge in [0, 0.05) is 0 Å². The number of halogens is 1. The third-order valence-electron chi connectivity index (χ3n) is 4.37. The lowest BCUT2D eigenvalue weighted by Gasteiger charge is -2.05. The minimum atomic E-state index is -0.556. The molecule has 0 bridgehead atoms. The molecule has 0 fully saturated rings. The van der Waals surface area contributed by atoms with E-state index in [1.807, 2.05) is 13.0 Å². The van der Waals surface area contributed by atoms with Crippen LogP contribution in [0.4, 0.5) is 0 Å². The van der Waals surface area contributed by atoms with Crippen molar-refractivity contribution in [2.24, 2.45) is 4.99 Å². The molecule has 0 aromatic heterocycles. The van der Waals surface area contributed by atoms with Crippen molar-refractivity contribution < 1.29 is 19.1 Å². The van der Waals surface area contributed by atoms with Crippen LogP contribution in [0.2, 0.25) is 5.02 Å². The minimum absolute atomic E-state index is 0.162. The van der Waals surface area contributed by atoms with Crippen LogP contribution in [-0.4, -0.2) is 17.8 Å². The molecule has 4 rings (SSSR count). The third kappa shape index (κ3) is 4.31. The monoisotopic (exact) mass is 417 g/mol. The van der Waals surface area contributed by atoms with Crippen molar-refractivity contribution in [1.82, 2.24) is 0 Å². The van der Waals surface area contributed by atoms with Crippen LogP contribution in [0.1, 0.15) is 27.0 Å². The van der Waals surface area contributed by atoms with Crippen LogP contribution >= 0.6 is 11.6 Å². The van der Waals surface area contributed by atoms with Gasteiger partial charge in [-0.25, -0.2) is 14.6 Å². The summed E-state index contributed by atoms with van der Waals surface area (Å²) in [5.74, 6) is -0.420. The highest BCUT2D eigenvalue weighted by molar-refractivity contribution is 6.34. The summed E-state index contributed by atoms with van der Waals surface area (Å²) < 4.78 is 10.6. The fourth-order valence-corrected chi connectivity index (χ4v) is 3.10. The van der Waals surface area contributed by atoms with Crippen LogP contribution in [0.5, 0.6) is 5.75 Å². The van der Waals surface area contributed by atoms with Gasteiger partial charge in [0.25, 0.3) is 0 Å². The van der Waals surface area contributed by atoms with Gasteiger partial charge in [-0.15, -0.1) is 0 Å². The number of nitrogens with zero attached hydrogens (tertiary/aromatic N) is 1. The first-order valence-electron chi connectivity index (χ1n) is 9.16. The lowest BCUT2D eigenvalue weighted by Crippen LogP contribution is -2.08. The van der Waals surface area contributed by atoms with E-state index < -0.39 is 11.9 Å². The standard InChI is InChI=1S/C24H16ClNO4/c1-15-5-4-6-17(13-15)23(27)29-18-11-9-16(10-12-18)14-21-24(28)30-22(26-21)19-7-2-3-8-20(19)25/h2-14H,1H3/b21-14-. The van der Waals surface area contributed by atoms with E-state index in [0.717, 1.165) is 5.56 Å². The predicted octanol–water partition coefficient (Wildman–Crippen LogP) is 5.21. The first-order valence-corrected chi connectivity index (χ1v) is 9.54. The molecule has 0 amide bonds. The zero-order valence-corrected chi connectivity index (χ0v) is 16.7. The predicted molar refractivity (Wildman–Crippen MR) is 115 cm³/mol. The molecule has 0 N–H and O–H groups in total. The molecule has 0 atom stereocenters. The fourth-order valence-electron chi connectivity index (χ4n) is 2.89. The summed E-state index contributed by atoms with van der Waals surface area (Å²) in [6.45, 7) is 1.91. The van der Waals surface area contributed by atoms with E-state index in [0.29, 0.717) is 27.5 Å². The summed E-state index contributed by atoms with van der Waals surface area (Å²) in [4.78, 5) is 28.7. The molecule has 0 radical (unpaired) electrons. The number of rotatable bonds is 4. The van der Waals surface area contributed by atoms with Crippen molar-refractivity contribution in [1.29, 1.82) is 0 Å². The number of hydrogen-bond donors (Lipinski definition) is 0. The van der Waals surface area contributed by atoms with Crippen molar-refractivity contribution in [3.63, 3.8) is 0 Å². The smallest absolute Gasteiger partial charge is 0.363 e. The van der Waals surface area contributed by atoms with Gasteiger partial charge in [0.2, 0.25) is 5.90 Å². The van der Waals surface area contributed by atoms with E-state index >= 15 is 0 Å². The molecule has 1 heterocycles. The molecule has 1 aliphatic heterocycles. The van der Waals surface area contributed by atoms with E-state index in [4.69, 9.17) is 21.1 Å². The summed E-state index contributed by atoms with van der Waals surface area (Å²) in [6.07, 6.45) is 1.60. The van der Waals surface area contributed by atoms with Gasteiger partial charge in [-0.3, -0.25) is 0 Å². The second-order valence-electron chi connectivity index (χ2n) is 6.64. The molecular weight excluding hydrogens is 402 g/mol. The Hall–Kier alpha value is -3.70. The van der Waals surface area contributed by atoms with Crippen molar-refractivity contribution in [3.8, 4) is 5.75 Å². The Labute approximate surface area is 178 Å². The van der Waals surface area contributed by atoms with Gasteiger partial charge in [0.15, 0.2) is 5.70 Å². The highest BCUT2D eigenvalue weighted by atomic mass is 35.5. The molecule has 1 aliphatic rings. The van der Waals surface area contributed by atoms with E-state index in [-0.39, 0.29) is 11.6 Å². The number of cyclic esters (lactones) is 1. The van der Waals surface area contributed by atoms with Crippen LogP contribution in [-0.2, 0) is 9.53 Å². The Balaban J connectivity index is 1.50. The SMILES string of the molecule is Cc1cccc(C(=O)Oc2ccc(/C=C3\N=C(c4ccccc4Cl)OC3=O)cc2)c1. The Kier molecular flexibility index (Phi) is 5.46. The quantitative estimate of drug-likeness (QED) is 0.332. The summed E-state index contributed by atoms with van der Waals surface area (Å²) >= 11 is 6.14. The first kappa shape index (κ1) is 19.6. The lowest BCUT2D eigenvalue weighted by molar-refractivity contribution is -0.129. The van der Waals surface area contributed by atoms with Gasteiger partial charge in [0.1, 0.15) is 5.75 Å². The number of benzene rings is 3. The average Bonchev–Trinajstić information content (AvgIpc) is 3.10.